The highest BCUT2D eigenvalue weighted by atomic mass is 79.9. The number of hydrogen-bond donors (Lipinski definition) is 0. The van der Waals surface area contributed by atoms with Crippen molar-refractivity contribution in [2.45, 2.75) is 12.8 Å². The maximum absolute atomic E-state index is 12.1. The van der Waals surface area contributed by atoms with E-state index in [1.807, 2.05) is 12.1 Å². The average Bonchev–Trinajstić information content (AvgIpc) is 2.38. The third-order valence-corrected chi connectivity index (χ3v) is 3.76. The summed E-state index contributed by atoms with van der Waals surface area (Å²) in [6.45, 7) is 4.05. The van der Waals surface area contributed by atoms with Crippen LogP contribution in [0.25, 0.3) is 0 Å². The third-order valence-electron chi connectivity index (χ3n) is 3.23. The molecule has 1 aromatic rings. The van der Waals surface area contributed by atoms with Gasteiger partial charge in [0.2, 0.25) is 6.43 Å². The third kappa shape index (κ3) is 3.92. The van der Waals surface area contributed by atoms with Crippen molar-refractivity contribution in [1.29, 1.82) is 0 Å². The molecule has 100 valence electrons. The minimum atomic E-state index is -2.19. The summed E-state index contributed by atoms with van der Waals surface area (Å²) in [4.78, 5) is 4.41. The van der Waals surface area contributed by atoms with Crippen LogP contribution in [-0.2, 0) is 0 Å². The predicted octanol–water partition coefficient (Wildman–Crippen LogP) is 3.23. The van der Waals surface area contributed by atoms with Gasteiger partial charge in [-0.3, -0.25) is 4.90 Å². The van der Waals surface area contributed by atoms with Crippen molar-refractivity contribution >= 4 is 21.6 Å². The molecule has 0 radical (unpaired) electrons. The molecule has 5 heteroatoms. The van der Waals surface area contributed by atoms with Crippen LogP contribution in [0.5, 0.6) is 0 Å². The summed E-state index contributed by atoms with van der Waals surface area (Å²) >= 11 is 3.42. The Labute approximate surface area is 115 Å². The Hall–Kier alpha value is -0.680. The quantitative estimate of drug-likeness (QED) is 0.841. The summed E-state index contributed by atoms with van der Waals surface area (Å²) in [6, 6.07) is 8.22. The van der Waals surface area contributed by atoms with Gasteiger partial charge in [-0.1, -0.05) is 15.9 Å². The number of halogens is 3. The molecule has 2 nitrogen and oxygen atoms in total. The molecular formula is C13H17BrF2N2. The summed E-state index contributed by atoms with van der Waals surface area (Å²) in [5, 5.41) is 0. The second kappa shape index (κ2) is 6.48. The minimum Gasteiger partial charge on any atom is -0.369 e. The van der Waals surface area contributed by atoms with Gasteiger partial charge in [0.15, 0.2) is 0 Å². The maximum atomic E-state index is 12.1. The fraction of sp³-hybridized carbons (Fsp3) is 0.538. The van der Waals surface area contributed by atoms with E-state index in [1.165, 1.54) is 5.69 Å². The summed E-state index contributed by atoms with van der Waals surface area (Å²) < 4.78 is 25.3. The summed E-state index contributed by atoms with van der Waals surface area (Å²) in [7, 11) is 0. The van der Waals surface area contributed by atoms with Crippen molar-refractivity contribution in [3.05, 3.63) is 28.7 Å². The molecule has 18 heavy (non-hydrogen) atoms. The number of piperazine rings is 1. The van der Waals surface area contributed by atoms with Gasteiger partial charge in [-0.25, -0.2) is 8.78 Å². The van der Waals surface area contributed by atoms with Crippen LogP contribution in [0.15, 0.2) is 28.7 Å². The van der Waals surface area contributed by atoms with E-state index in [0.29, 0.717) is 6.54 Å². The minimum absolute atomic E-state index is 0.0156. The highest BCUT2D eigenvalue weighted by molar-refractivity contribution is 9.10. The van der Waals surface area contributed by atoms with Crippen molar-refractivity contribution in [1.82, 2.24) is 4.90 Å². The molecule has 0 N–H and O–H groups in total. The molecular weight excluding hydrogens is 302 g/mol. The lowest BCUT2D eigenvalue weighted by Gasteiger charge is -2.36. The van der Waals surface area contributed by atoms with Crippen LogP contribution in [-0.4, -0.2) is 44.0 Å². The van der Waals surface area contributed by atoms with Crippen LogP contribution in [0.2, 0.25) is 0 Å². The maximum Gasteiger partial charge on any atom is 0.239 e. The normalized spacial score (nSPS) is 17.4. The van der Waals surface area contributed by atoms with Gasteiger partial charge < -0.3 is 4.90 Å². The Balaban J connectivity index is 1.81. The molecule has 0 amide bonds. The first-order valence-corrected chi connectivity index (χ1v) is 6.95. The van der Waals surface area contributed by atoms with E-state index >= 15 is 0 Å². The Morgan fingerprint density at radius 3 is 2.22 bits per heavy atom. The molecule has 2 rings (SSSR count). The van der Waals surface area contributed by atoms with E-state index in [0.717, 1.165) is 30.7 Å². The molecule has 0 bridgehead atoms. The average molecular weight is 319 g/mol. The molecule has 0 saturated carbocycles. The first-order chi connectivity index (χ1) is 8.65. The standard InChI is InChI=1S/C13H17BrF2N2/c14-11-1-3-12(4-2-11)18-9-7-17(8-10-18)6-5-13(15)16/h1-4,13H,5-10H2. The largest absolute Gasteiger partial charge is 0.369 e. The second-order valence-electron chi connectivity index (χ2n) is 4.48. The van der Waals surface area contributed by atoms with E-state index in [-0.39, 0.29) is 6.42 Å². The molecule has 0 unspecified atom stereocenters. The highest BCUT2D eigenvalue weighted by Gasteiger charge is 2.17. The van der Waals surface area contributed by atoms with Gasteiger partial charge in [-0.05, 0) is 24.3 Å². The predicted molar refractivity (Wildman–Crippen MR) is 73.4 cm³/mol. The van der Waals surface area contributed by atoms with Gasteiger partial charge in [-0.2, -0.15) is 0 Å². The Morgan fingerprint density at radius 2 is 1.67 bits per heavy atom. The number of nitrogens with zero attached hydrogens (tertiary/aromatic N) is 2. The van der Waals surface area contributed by atoms with Crippen LogP contribution in [0.1, 0.15) is 6.42 Å². The Bertz CT molecular complexity index is 362. The number of alkyl halides is 2. The van der Waals surface area contributed by atoms with E-state index < -0.39 is 6.43 Å². The molecule has 0 atom stereocenters. The van der Waals surface area contributed by atoms with Gasteiger partial charge in [0.1, 0.15) is 0 Å². The molecule has 0 spiro atoms. The van der Waals surface area contributed by atoms with Crippen LogP contribution in [0.3, 0.4) is 0 Å². The van der Waals surface area contributed by atoms with Gasteiger partial charge in [0, 0.05) is 49.3 Å². The van der Waals surface area contributed by atoms with Crippen LogP contribution in [0.4, 0.5) is 14.5 Å². The molecule has 1 saturated heterocycles. The lowest BCUT2D eigenvalue weighted by Crippen LogP contribution is -2.46. The van der Waals surface area contributed by atoms with E-state index in [4.69, 9.17) is 0 Å². The first kappa shape index (κ1) is 13.7. The highest BCUT2D eigenvalue weighted by Crippen LogP contribution is 2.19. The summed E-state index contributed by atoms with van der Waals surface area (Å²) in [5.41, 5.74) is 1.20. The number of benzene rings is 1. The zero-order valence-corrected chi connectivity index (χ0v) is 11.7. The zero-order chi connectivity index (χ0) is 13.0. The van der Waals surface area contributed by atoms with Crippen molar-refractivity contribution in [3.63, 3.8) is 0 Å². The van der Waals surface area contributed by atoms with Gasteiger partial charge in [0.05, 0.1) is 0 Å². The molecule has 0 aromatic heterocycles. The van der Waals surface area contributed by atoms with Crippen molar-refractivity contribution in [3.8, 4) is 0 Å². The van der Waals surface area contributed by atoms with E-state index in [2.05, 4.69) is 37.9 Å². The monoisotopic (exact) mass is 318 g/mol. The van der Waals surface area contributed by atoms with Crippen LogP contribution >= 0.6 is 15.9 Å². The molecule has 1 heterocycles. The summed E-state index contributed by atoms with van der Waals surface area (Å²) in [5.74, 6) is 0. The topological polar surface area (TPSA) is 6.48 Å². The van der Waals surface area contributed by atoms with Crippen LogP contribution < -0.4 is 4.90 Å². The first-order valence-electron chi connectivity index (χ1n) is 6.16. The summed E-state index contributed by atoms with van der Waals surface area (Å²) in [6.07, 6.45) is -2.20. The molecule has 0 aliphatic carbocycles. The molecule has 1 aliphatic heterocycles. The van der Waals surface area contributed by atoms with Crippen molar-refractivity contribution < 1.29 is 8.78 Å². The van der Waals surface area contributed by atoms with Gasteiger partial charge in [-0.15, -0.1) is 0 Å². The Morgan fingerprint density at radius 1 is 1.06 bits per heavy atom. The van der Waals surface area contributed by atoms with E-state index in [9.17, 15) is 8.78 Å². The van der Waals surface area contributed by atoms with Crippen molar-refractivity contribution in [2.75, 3.05) is 37.6 Å². The number of anilines is 1. The lowest BCUT2D eigenvalue weighted by molar-refractivity contribution is 0.114. The number of rotatable bonds is 4. The fourth-order valence-corrected chi connectivity index (χ4v) is 2.43. The van der Waals surface area contributed by atoms with Gasteiger partial charge >= 0.3 is 0 Å². The number of hydrogen-bond acceptors (Lipinski definition) is 2. The lowest BCUT2D eigenvalue weighted by atomic mass is 10.2. The van der Waals surface area contributed by atoms with Crippen LogP contribution in [0, 0.1) is 0 Å². The van der Waals surface area contributed by atoms with E-state index in [1.54, 1.807) is 0 Å². The van der Waals surface area contributed by atoms with Gasteiger partial charge in [0.25, 0.3) is 0 Å². The Kier molecular flexibility index (Phi) is 4.95. The molecule has 1 fully saturated rings. The molecule has 1 aliphatic rings. The van der Waals surface area contributed by atoms with Crippen molar-refractivity contribution in [2.24, 2.45) is 0 Å². The second-order valence-corrected chi connectivity index (χ2v) is 5.40. The SMILES string of the molecule is FC(F)CCN1CCN(c2ccc(Br)cc2)CC1. The smallest absolute Gasteiger partial charge is 0.239 e. The fourth-order valence-electron chi connectivity index (χ4n) is 2.16. The molecule has 1 aromatic carbocycles. The zero-order valence-electron chi connectivity index (χ0n) is 10.2.